The summed E-state index contributed by atoms with van der Waals surface area (Å²) in [7, 11) is 1.86. The van der Waals surface area contributed by atoms with E-state index < -0.39 is 53.3 Å². The number of carbonyl (C=O) groups is 5. The quantitative estimate of drug-likeness (QED) is 0.0605. The van der Waals surface area contributed by atoms with E-state index in [1.54, 1.807) is 6.07 Å². The van der Waals surface area contributed by atoms with Crippen LogP contribution in [0.1, 0.15) is 144 Å². The summed E-state index contributed by atoms with van der Waals surface area (Å²) in [5, 5.41) is 2.74. The minimum Gasteiger partial charge on any atom is -0.462 e. The summed E-state index contributed by atoms with van der Waals surface area (Å²) in [6, 6.07) is 18.6. The van der Waals surface area contributed by atoms with Gasteiger partial charge < -0.3 is 19.7 Å². The van der Waals surface area contributed by atoms with Gasteiger partial charge in [-0.25, -0.2) is 14.5 Å². The lowest BCUT2D eigenvalue weighted by Crippen LogP contribution is -2.54. The molecule has 3 atom stereocenters. The van der Waals surface area contributed by atoms with E-state index in [-0.39, 0.29) is 22.9 Å². The van der Waals surface area contributed by atoms with Crippen LogP contribution in [-0.2, 0) is 23.9 Å². The number of imide groups is 1. The Labute approximate surface area is 342 Å². The first kappa shape index (κ1) is 43.4. The van der Waals surface area contributed by atoms with Gasteiger partial charge >= 0.3 is 12.1 Å². The van der Waals surface area contributed by atoms with Gasteiger partial charge in [-0.3, -0.25) is 14.4 Å². The number of hydrogen-bond donors (Lipinski definition) is 1. The zero-order valence-electron chi connectivity index (χ0n) is 33.9. The van der Waals surface area contributed by atoms with Crippen molar-refractivity contribution in [2.75, 3.05) is 23.9 Å². The number of ketones is 1. The number of likely N-dealkylation sites (N-methyl/N-ethyl adjacent to an activating group) is 1. The first-order valence-corrected chi connectivity index (χ1v) is 21.1. The second kappa shape index (κ2) is 20.6. The first-order chi connectivity index (χ1) is 27.5. The second-order valence-electron chi connectivity index (χ2n) is 15.8. The van der Waals surface area contributed by atoms with E-state index in [1.165, 1.54) is 103 Å². The SMILES string of the molecule is CCCCCCCCCCCCCCCCOC(=O)c1ccc(Cl)c(NC(=O)C(C(=O)C2c3ccccc3N(C)C2c2ccccc2)N2C(=O)OC(C)(C)C2=O)c1. The van der Waals surface area contributed by atoms with Crippen LogP contribution in [0.2, 0.25) is 5.02 Å². The van der Waals surface area contributed by atoms with Crippen LogP contribution in [-0.4, -0.2) is 59.9 Å². The zero-order chi connectivity index (χ0) is 41.0. The van der Waals surface area contributed by atoms with Crippen molar-refractivity contribution < 1.29 is 33.4 Å². The van der Waals surface area contributed by atoms with E-state index in [2.05, 4.69) is 12.2 Å². The molecule has 1 saturated heterocycles. The summed E-state index contributed by atoms with van der Waals surface area (Å²) in [6.07, 6.45) is 16.0. The number of nitrogens with zero attached hydrogens (tertiary/aromatic N) is 2. The molecule has 11 heteroatoms. The van der Waals surface area contributed by atoms with Crippen molar-refractivity contribution in [1.29, 1.82) is 0 Å². The molecular weight excluding hydrogens is 742 g/mol. The van der Waals surface area contributed by atoms with Gasteiger partial charge in [0.25, 0.3) is 11.8 Å². The second-order valence-corrected chi connectivity index (χ2v) is 16.2. The largest absolute Gasteiger partial charge is 0.462 e. The van der Waals surface area contributed by atoms with Crippen LogP contribution >= 0.6 is 11.6 Å². The van der Waals surface area contributed by atoms with Crippen LogP contribution in [0, 0.1) is 0 Å². The van der Waals surface area contributed by atoms with Gasteiger partial charge in [0, 0.05) is 12.7 Å². The number of anilines is 2. The van der Waals surface area contributed by atoms with Crippen molar-refractivity contribution in [1.82, 2.24) is 4.90 Å². The maximum Gasteiger partial charge on any atom is 0.418 e. The zero-order valence-corrected chi connectivity index (χ0v) is 34.7. The van der Waals surface area contributed by atoms with Crippen LogP contribution in [0.25, 0.3) is 0 Å². The third kappa shape index (κ3) is 10.8. The minimum atomic E-state index is -1.92. The van der Waals surface area contributed by atoms with Crippen LogP contribution in [0.3, 0.4) is 0 Å². The Kier molecular flexibility index (Phi) is 15.7. The molecule has 5 rings (SSSR count). The normalized spacial score (nSPS) is 17.6. The lowest BCUT2D eigenvalue weighted by molar-refractivity contribution is -0.143. The Bertz CT molecular complexity index is 1870. The van der Waals surface area contributed by atoms with Crippen LogP contribution in [0.15, 0.2) is 72.8 Å². The van der Waals surface area contributed by atoms with Crippen LogP contribution in [0.4, 0.5) is 16.2 Å². The monoisotopic (exact) mass is 799 g/mol. The molecule has 3 aromatic rings. The van der Waals surface area contributed by atoms with Crippen molar-refractivity contribution in [3.05, 3.63) is 94.5 Å². The molecule has 2 aliphatic rings. The third-order valence-corrected chi connectivity index (χ3v) is 11.4. The Morgan fingerprint density at radius 3 is 1.98 bits per heavy atom. The molecule has 2 aliphatic heterocycles. The molecule has 1 fully saturated rings. The summed E-state index contributed by atoms with van der Waals surface area (Å²) < 4.78 is 10.9. The van der Waals surface area contributed by atoms with Crippen molar-refractivity contribution >= 4 is 52.6 Å². The number of ether oxygens (including phenoxy) is 2. The van der Waals surface area contributed by atoms with Crippen LogP contribution < -0.4 is 10.2 Å². The van der Waals surface area contributed by atoms with Gasteiger partial charge in [0.2, 0.25) is 0 Å². The van der Waals surface area contributed by atoms with Gasteiger partial charge in [-0.2, -0.15) is 0 Å². The van der Waals surface area contributed by atoms with Gasteiger partial charge in [-0.1, -0.05) is 151 Å². The number of amides is 3. The lowest BCUT2D eigenvalue weighted by Gasteiger charge is -2.30. The molecule has 3 aromatic carbocycles. The number of esters is 1. The Morgan fingerprint density at radius 2 is 1.39 bits per heavy atom. The number of unbranched alkanes of at least 4 members (excludes halogenated alkanes) is 13. The predicted molar refractivity (Wildman–Crippen MR) is 224 cm³/mol. The number of carbonyl (C=O) groups excluding carboxylic acids is 5. The minimum absolute atomic E-state index is 0.0215. The average Bonchev–Trinajstić information content (AvgIpc) is 3.61. The fraction of sp³-hybridized carbons (Fsp3) is 0.500. The molecule has 1 N–H and O–H groups in total. The number of hydrogen-bond acceptors (Lipinski definition) is 8. The molecule has 0 aliphatic carbocycles. The molecule has 306 valence electrons. The number of benzene rings is 3. The fourth-order valence-electron chi connectivity index (χ4n) is 7.93. The number of rotatable bonds is 22. The van der Waals surface area contributed by atoms with Gasteiger partial charge in [0.05, 0.1) is 34.8 Å². The smallest absolute Gasteiger partial charge is 0.418 e. The molecule has 3 amide bonds. The first-order valence-electron chi connectivity index (χ1n) is 20.7. The van der Waals surface area contributed by atoms with Gasteiger partial charge in [-0.05, 0) is 55.7 Å². The maximum absolute atomic E-state index is 14.9. The maximum atomic E-state index is 14.9. The number of fused-ring (bicyclic) bond motifs is 1. The van der Waals surface area contributed by atoms with Gasteiger partial charge in [0.15, 0.2) is 17.4 Å². The lowest BCUT2D eigenvalue weighted by atomic mass is 9.83. The Hall–Kier alpha value is -4.70. The number of Topliss-reactive ketones (excluding diaryl/α,β-unsaturated/α-hetero) is 1. The van der Waals surface area contributed by atoms with Crippen molar-refractivity contribution in [3.63, 3.8) is 0 Å². The van der Waals surface area contributed by atoms with E-state index >= 15 is 0 Å². The molecule has 10 nitrogen and oxygen atoms in total. The van der Waals surface area contributed by atoms with Crippen LogP contribution in [0.5, 0.6) is 0 Å². The van der Waals surface area contributed by atoms with E-state index in [9.17, 15) is 24.0 Å². The highest BCUT2D eigenvalue weighted by Gasteiger charge is 2.56. The Balaban J connectivity index is 1.23. The summed E-state index contributed by atoms with van der Waals surface area (Å²) in [5.74, 6) is -4.01. The molecule has 0 spiro atoms. The molecule has 0 bridgehead atoms. The number of nitrogens with one attached hydrogen (secondary N) is 1. The molecule has 2 heterocycles. The van der Waals surface area contributed by atoms with E-state index in [0.29, 0.717) is 10.5 Å². The predicted octanol–water partition coefficient (Wildman–Crippen LogP) is 10.6. The molecule has 0 saturated carbocycles. The topological polar surface area (TPSA) is 122 Å². The van der Waals surface area contributed by atoms with E-state index in [1.807, 2.05) is 60.5 Å². The third-order valence-electron chi connectivity index (χ3n) is 11.1. The number of para-hydroxylation sites is 1. The van der Waals surface area contributed by atoms with Crippen molar-refractivity contribution in [2.24, 2.45) is 0 Å². The van der Waals surface area contributed by atoms with Crippen molar-refractivity contribution in [3.8, 4) is 0 Å². The average molecular weight is 800 g/mol. The van der Waals surface area contributed by atoms with E-state index in [4.69, 9.17) is 21.1 Å². The van der Waals surface area contributed by atoms with Crippen molar-refractivity contribution in [2.45, 2.75) is 134 Å². The molecule has 3 unspecified atom stereocenters. The van der Waals surface area contributed by atoms with Gasteiger partial charge in [0.1, 0.15) is 0 Å². The highest BCUT2D eigenvalue weighted by molar-refractivity contribution is 6.34. The van der Waals surface area contributed by atoms with E-state index in [0.717, 1.165) is 30.5 Å². The molecule has 0 radical (unpaired) electrons. The molecule has 57 heavy (non-hydrogen) atoms. The highest BCUT2D eigenvalue weighted by atomic mass is 35.5. The van der Waals surface area contributed by atoms with Gasteiger partial charge in [-0.15, -0.1) is 0 Å². The highest BCUT2D eigenvalue weighted by Crippen LogP contribution is 2.49. The summed E-state index contributed by atoms with van der Waals surface area (Å²) in [5.41, 5.74) is 0.811. The standard InChI is InChI=1S/C46H58ClN3O7/c1-5-6-7-8-9-10-11-12-13-14-15-16-17-23-30-56-43(53)33-28-29-35(47)36(31-33)48-42(52)40(50-44(54)46(2,3)57-45(50)55)41(51)38-34-26-21-22-27-37(34)49(4)39(38)32-24-19-18-20-25-32/h18-22,24-29,31,38-40H,5-17,23,30H2,1-4H3,(H,48,52). The molecule has 0 aromatic heterocycles. The summed E-state index contributed by atoms with van der Waals surface area (Å²) in [4.78, 5) is 71.9. The number of halogens is 1. The summed E-state index contributed by atoms with van der Waals surface area (Å²) >= 11 is 6.52. The molecular formula is C46H58ClN3O7. The summed E-state index contributed by atoms with van der Waals surface area (Å²) in [6.45, 7) is 5.31. The Morgan fingerprint density at radius 1 is 0.807 bits per heavy atom. The fourth-order valence-corrected chi connectivity index (χ4v) is 8.10. The number of cyclic esters (lactones) is 1.